The molecule has 5 heteroatoms. The van der Waals surface area contributed by atoms with E-state index in [2.05, 4.69) is 5.32 Å². The van der Waals surface area contributed by atoms with Crippen molar-refractivity contribution in [1.29, 1.82) is 0 Å². The van der Waals surface area contributed by atoms with Crippen molar-refractivity contribution in [3.05, 3.63) is 28.2 Å². The first-order chi connectivity index (χ1) is 8.00. The largest absolute Gasteiger partial charge is 0.488 e. The number of ether oxygens (including phenoxy) is 1. The van der Waals surface area contributed by atoms with Crippen LogP contribution in [0.1, 0.15) is 13.8 Å². The minimum atomic E-state index is -0.593. The molecule has 0 aliphatic carbocycles. The van der Waals surface area contributed by atoms with Gasteiger partial charge in [0.25, 0.3) is 0 Å². The van der Waals surface area contributed by atoms with Crippen molar-refractivity contribution in [2.45, 2.75) is 26.0 Å². The molecule has 0 saturated heterocycles. The Hall–Kier alpha value is -0.480. The Bertz CT molecular complexity index is 338. The maximum Gasteiger partial charge on any atom is 0.156 e. The van der Waals surface area contributed by atoms with E-state index in [0.717, 1.165) is 0 Å². The maximum atomic E-state index is 9.67. The number of aliphatic hydroxyl groups excluding tert-OH is 1. The van der Waals surface area contributed by atoms with Gasteiger partial charge < -0.3 is 15.2 Å². The number of hydrogen-bond donors (Lipinski definition) is 2. The average molecular weight is 278 g/mol. The smallest absolute Gasteiger partial charge is 0.156 e. The third kappa shape index (κ3) is 5.13. The van der Waals surface area contributed by atoms with Gasteiger partial charge in [-0.15, -0.1) is 0 Å². The first kappa shape index (κ1) is 14.6. The summed E-state index contributed by atoms with van der Waals surface area (Å²) in [6, 6.07) is 5.46. The number of rotatable bonds is 6. The first-order valence-corrected chi connectivity index (χ1v) is 6.24. The van der Waals surface area contributed by atoms with Crippen molar-refractivity contribution >= 4 is 23.2 Å². The lowest BCUT2D eigenvalue weighted by molar-refractivity contribution is 0.105. The Morgan fingerprint density at radius 3 is 2.41 bits per heavy atom. The summed E-state index contributed by atoms with van der Waals surface area (Å²) >= 11 is 11.9. The van der Waals surface area contributed by atoms with Gasteiger partial charge in [0, 0.05) is 12.6 Å². The summed E-state index contributed by atoms with van der Waals surface area (Å²) in [6.45, 7) is 4.65. The van der Waals surface area contributed by atoms with E-state index in [-0.39, 0.29) is 6.61 Å². The van der Waals surface area contributed by atoms with Gasteiger partial charge in [-0.1, -0.05) is 43.1 Å². The van der Waals surface area contributed by atoms with Crippen molar-refractivity contribution in [3.63, 3.8) is 0 Å². The third-order valence-electron chi connectivity index (χ3n) is 2.10. The van der Waals surface area contributed by atoms with Crippen LogP contribution in [0.15, 0.2) is 18.2 Å². The van der Waals surface area contributed by atoms with E-state index in [1.165, 1.54) is 0 Å². The zero-order valence-electron chi connectivity index (χ0n) is 9.91. The van der Waals surface area contributed by atoms with Gasteiger partial charge in [-0.25, -0.2) is 0 Å². The molecular weight excluding hydrogens is 261 g/mol. The summed E-state index contributed by atoms with van der Waals surface area (Å²) in [6.07, 6.45) is -0.593. The summed E-state index contributed by atoms with van der Waals surface area (Å²) in [7, 11) is 0. The molecule has 17 heavy (non-hydrogen) atoms. The van der Waals surface area contributed by atoms with E-state index in [4.69, 9.17) is 27.9 Å². The molecule has 2 N–H and O–H groups in total. The number of halogens is 2. The molecule has 3 nitrogen and oxygen atoms in total. The Morgan fingerprint density at radius 1 is 1.29 bits per heavy atom. The predicted octanol–water partition coefficient (Wildman–Crippen LogP) is 2.73. The number of nitrogens with one attached hydrogen (secondary N) is 1. The van der Waals surface area contributed by atoms with Gasteiger partial charge in [0.2, 0.25) is 0 Å². The highest BCUT2D eigenvalue weighted by atomic mass is 35.5. The summed E-state index contributed by atoms with van der Waals surface area (Å²) in [5.74, 6) is 0.416. The van der Waals surface area contributed by atoms with Crippen molar-refractivity contribution in [3.8, 4) is 5.75 Å². The summed E-state index contributed by atoms with van der Waals surface area (Å²) in [5, 5.41) is 13.7. The molecule has 0 heterocycles. The van der Waals surface area contributed by atoms with E-state index in [1.54, 1.807) is 18.2 Å². The predicted molar refractivity (Wildman–Crippen MR) is 71.1 cm³/mol. The molecule has 1 atom stereocenters. The summed E-state index contributed by atoms with van der Waals surface area (Å²) in [5.41, 5.74) is 0. The molecule has 1 aromatic rings. The van der Waals surface area contributed by atoms with Crippen molar-refractivity contribution < 1.29 is 9.84 Å². The zero-order valence-corrected chi connectivity index (χ0v) is 11.4. The highest BCUT2D eigenvalue weighted by molar-refractivity contribution is 6.37. The molecule has 0 unspecified atom stereocenters. The van der Waals surface area contributed by atoms with Crippen LogP contribution in [0.3, 0.4) is 0 Å². The van der Waals surface area contributed by atoms with Crippen LogP contribution in [0.2, 0.25) is 10.0 Å². The van der Waals surface area contributed by atoms with Crippen LogP contribution in [0, 0.1) is 0 Å². The molecule has 0 bridgehead atoms. The molecule has 0 saturated carbocycles. The number of hydrogen-bond acceptors (Lipinski definition) is 3. The topological polar surface area (TPSA) is 41.5 Å². The first-order valence-electron chi connectivity index (χ1n) is 5.49. The fraction of sp³-hybridized carbons (Fsp3) is 0.500. The highest BCUT2D eigenvalue weighted by Gasteiger charge is 2.10. The van der Waals surface area contributed by atoms with Crippen LogP contribution < -0.4 is 10.1 Å². The zero-order chi connectivity index (χ0) is 12.8. The number of benzene rings is 1. The van der Waals surface area contributed by atoms with E-state index in [0.29, 0.717) is 28.4 Å². The van der Waals surface area contributed by atoms with Crippen LogP contribution in [-0.4, -0.2) is 30.4 Å². The minimum Gasteiger partial charge on any atom is -0.488 e. The van der Waals surface area contributed by atoms with Gasteiger partial charge in [-0.3, -0.25) is 0 Å². The van der Waals surface area contributed by atoms with Crippen LogP contribution in [0.4, 0.5) is 0 Å². The highest BCUT2D eigenvalue weighted by Crippen LogP contribution is 2.32. The molecule has 0 aromatic heterocycles. The molecular formula is C12H17Cl2NO2. The van der Waals surface area contributed by atoms with Crippen LogP contribution >= 0.6 is 23.2 Å². The normalized spacial score (nSPS) is 12.8. The molecule has 0 spiro atoms. The Balaban J connectivity index is 2.44. The lowest BCUT2D eigenvalue weighted by Crippen LogP contribution is -2.35. The lowest BCUT2D eigenvalue weighted by Gasteiger charge is -2.16. The Kier molecular flexibility index (Phi) is 6.06. The average Bonchev–Trinajstić information content (AvgIpc) is 2.25. The lowest BCUT2D eigenvalue weighted by atomic mass is 10.3. The summed E-state index contributed by atoms with van der Waals surface area (Å²) < 4.78 is 5.41. The van der Waals surface area contributed by atoms with E-state index in [9.17, 15) is 5.11 Å². The second-order valence-electron chi connectivity index (χ2n) is 4.08. The monoisotopic (exact) mass is 277 g/mol. The summed E-state index contributed by atoms with van der Waals surface area (Å²) in [4.78, 5) is 0. The fourth-order valence-corrected chi connectivity index (χ4v) is 1.74. The quantitative estimate of drug-likeness (QED) is 0.840. The Morgan fingerprint density at radius 2 is 1.88 bits per heavy atom. The van der Waals surface area contributed by atoms with Crippen LogP contribution in [-0.2, 0) is 0 Å². The van der Waals surface area contributed by atoms with Gasteiger partial charge in [0.1, 0.15) is 12.7 Å². The van der Waals surface area contributed by atoms with Gasteiger partial charge in [0.05, 0.1) is 10.0 Å². The molecule has 0 radical (unpaired) electrons. The molecule has 0 amide bonds. The Labute approximate surface area is 112 Å². The number of aliphatic hydroxyl groups is 1. The minimum absolute atomic E-state index is 0.156. The third-order valence-corrected chi connectivity index (χ3v) is 2.70. The fourth-order valence-electron chi connectivity index (χ4n) is 1.23. The second-order valence-corrected chi connectivity index (χ2v) is 4.89. The molecule has 1 aromatic carbocycles. The molecule has 0 aliphatic rings. The molecule has 1 rings (SSSR count). The second kappa shape index (κ2) is 7.07. The van der Waals surface area contributed by atoms with Crippen LogP contribution in [0.5, 0.6) is 5.75 Å². The van der Waals surface area contributed by atoms with Crippen LogP contribution in [0.25, 0.3) is 0 Å². The van der Waals surface area contributed by atoms with Gasteiger partial charge in [-0.05, 0) is 12.1 Å². The van der Waals surface area contributed by atoms with E-state index < -0.39 is 6.10 Å². The maximum absolute atomic E-state index is 9.67. The SMILES string of the molecule is CC(C)NC[C@@H](O)COc1c(Cl)cccc1Cl. The van der Waals surface area contributed by atoms with Crippen molar-refractivity contribution in [2.24, 2.45) is 0 Å². The van der Waals surface area contributed by atoms with E-state index >= 15 is 0 Å². The van der Waals surface area contributed by atoms with Gasteiger partial charge in [-0.2, -0.15) is 0 Å². The standard InChI is InChI=1S/C12H17Cl2NO2/c1-8(2)15-6-9(16)7-17-12-10(13)4-3-5-11(12)14/h3-5,8-9,15-16H,6-7H2,1-2H3/t9-/m1/s1. The molecule has 96 valence electrons. The van der Waals surface area contributed by atoms with Crippen molar-refractivity contribution in [2.75, 3.05) is 13.2 Å². The van der Waals surface area contributed by atoms with Gasteiger partial charge in [0.15, 0.2) is 5.75 Å². The van der Waals surface area contributed by atoms with Crippen molar-refractivity contribution in [1.82, 2.24) is 5.32 Å². The van der Waals surface area contributed by atoms with E-state index in [1.807, 2.05) is 13.8 Å². The molecule has 0 fully saturated rings. The van der Waals surface area contributed by atoms with Gasteiger partial charge >= 0.3 is 0 Å². The number of para-hydroxylation sites is 1. The molecule has 0 aliphatic heterocycles.